The van der Waals surface area contributed by atoms with Crippen molar-refractivity contribution in [2.75, 3.05) is 26.4 Å². The van der Waals surface area contributed by atoms with Gasteiger partial charge in [0.15, 0.2) is 0 Å². The smallest absolute Gasteiger partial charge is 0.255 e. The molecular weight excluding hydrogens is 312 g/mol. The molecule has 5 heteroatoms. The van der Waals surface area contributed by atoms with E-state index in [0.717, 1.165) is 44.5 Å². The topological polar surface area (TPSA) is 32.8 Å². The largest absolute Gasteiger partial charge is 0.343 e. The number of rotatable bonds is 4. The second kappa shape index (κ2) is 7.65. The molecule has 0 unspecified atom stereocenters. The maximum absolute atomic E-state index is 12.9. The lowest BCUT2D eigenvalue weighted by atomic mass is 10.1. The van der Waals surface area contributed by atoms with Crippen LogP contribution in [0.5, 0.6) is 0 Å². The highest BCUT2D eigenvalue weighted by Gasteiger charge is 2.29. The number of piperidine rings is 1. The number of hydrogen-bond donors (Lipinski definition) is 0. The molecule has 3 rings (SSSR count). The first kappa shape index (κ1) is 16.7. The monoisotopic (exact) mass is 336 g/mol. The maximum Gasteiger partial charge on any atom is 0.255 e. The molecule has 0 radical (unpaired) electrons. The van der Waals surface area contributed by atoms with E-state index in [1.54, 1.807) is 6.07 Å². The van der Waals surface area contributed by atoms with E-state index in [0.29, 0.717) is 17.3 Å². The summed E-state index contributed by atoms with van der Waals surface area (Å²) in [6, 6.07) is 5.48. The molecule has 23 heavy (non-hydrogen) atoms. The van der Waals surface area contributed by atoms with Gasteiger partial charge in [0.05, 0.1) is 0 Å². The third-order valence-corrected chi connectivity index (χ3v) is 5.19. The van der Waals surface area contributed by atoms with Gasteiger partial charge in [-0.05, 0) is 62.8 Å². The van der Waals surface area contributed by atoms with Gasteiger partial charge in [-0.1, -0.05) is 11.6 Å². The van der Waals surface area contributed by atoms with Crippen LogP contribution in [0.3, 0.4) is 0 Å². The number of ether oxygens (including phenoxy) is 1. The van der Waals surface area contributed by atoms with Crippen molar-refractivity contribution in [3.63, 3.8) is 0 Å². The number of nitrogens with zero attached hydrogens (tertiary/aromatic N) is 2. The van der Waals surface area contributed by atoms with Crippen molar-refractivity contribution in [2.24, 2.45) is 0 Å². The molecule has 1 aromatic rings. The molecule has 1 aromatic carbocycles. The lowest BCUT2D eigenvalue weighted by Gasteiger charge is -2.36. The van der Waals surface area contributed by atoms with Crippen LogP contribution in [0.4, 0.5) is 0 Å². The van der Waals surface area contributed by atoms with E-state index in [-0.39, 0.29) is 12.1 Å². The molecule has 0 N–H and O–H groups in total. The average Bonchev–Trinajstić information content (AvgIpc) is 3.08. The normalized spacial score (nSPS) is 22.5. The number of aryl methyl sites for hydroxylation is 1. The van der Waals surface area contributed by atoms with Crippen LogP contribution in [0.25, 0.3) is 0 Å². The molecule has 2 fully saturated rings. The van der Waals surface area contributed by atoms with Crippen LogP contribution in [0, 0.1) is 6.92 Å². The fourth-order valence-corrected chi connectivity index (χ4v) is 3.47. The minimum absolute atomic E-state index is 0.0517. The number of hydrogen-bond acceptors (Lipinski definition) is 3. The summed E-state index contributed by atoms with van der Waals surface area (Å²) in [5.74, 6) is 0.0517. The van der Waals surface area contributed by atoms with Crippen LogP contribution in [0.1, 0.15) is 48.0 Å². The molecule has 4 nitrogen and oxygen atoms in total. The highest BCUT2D eigenvalue weighted by Crippen LogP contribution is 2.23. The molecule has 0 aliphatic carbocycles. The lowest BCUT2D eigenvalue weighted by molar-refractivity contribution is -0.0957. The maximum atomic E-state index is 12.9. The molecule has 2 aliphatic rings. The van der Waals surface area contributed by atoms with E-state index in [4.69, 9.17) is 16.3 Å². The predicted molar refractivity (Wildman–Crippen MR) is 91.6 cm³/mol. The van der Waals surface area contributed by atoms with Crippen molar-refractivity contribution in [3.8, 4) is 0 Å². The first-order valence-electron chi connectivity index (χ1n) is 8.56. The summed E-state index contributed by atoms with van der Waals surface area (Å²) < 4.78 is 6.08. The third-order valence-electron chi connectivity index (χ3n) is 4.76. The fourth-order valence-electron chi connectivity index (χ4n) is 3.35. The first-order valence-corrected chi connectivity index (χ1v) is 8.94. The minimum Gasteiger partial charge on any atom is -0.343 e. The van der Waals surface area contributed by atoms with E-state index in [1.165, 1.54) is 12.8 Å². The van der Waals surface area contributed by atoms with Gasteiger partial charge in [-0.2, -0.15) is 0 Å². The Balaban J connectivity index is 1.66. The van der Waals surface area contributed by atoms with Crippen LogP contribution >= 0.6 is 11.6 Å². The van der Waals surface area contributed by atoms with Crippen LogP contribution in [0.2, 0.25) is 5.02 Å². The summed E-state index contributed by atoms with van der Waals surface area (Å²) >= 11 is 6.07. The number of likely N-dealkylation sites (tertiary alicyclic amines) is 2. The Morgan fingerprint density at radius 1 is 1.22 bits per heavy atom. The van der Waals surface area contributed by atoms with Crippen LogP contribution < -0.4 is 0 Å². The molecule has 1 amide bonds. The lowest BCUT2D eigenvalue weighted by Crippen LogP contribution is -2.46. The molecule has 126 valence electrons. The van der Waals surface area contributed by atoms with Crippen molar-refractivity contribution in [1.29, 1.82) is 0 Å². The number of amides is 1. The quantitative estimate of drug-likeness (QED) is 0.841. The van der Waals surface area contributed by atoms with Gasteiger partial charge in [0.25, 0.3) is 5.91 Å². The van der Waals surface area contributed by atoms with Crippen LogP contribution in [-0.2, 0) is 4.74 Å². The van der Waals surface area contributed by atoms with Crippen molar-refractivity contribution < 1.29 is 9.53 Å². The Bertz CT molecular complexity index is 558. The molecular formula is C18H25ClN2O2. The van der Waals surface area contributed by atoms with Gasteiger partial charge in [-0.25, -0.2) is 0 Å². The number of carbonyl (C=O) groups is 1. The SMILES string of the molecule is Cc1cc(C(=O)N2CCCC[C@@H]2OCN2CCCC2)ccc1Cl. The summed E-state index contributed by atoms with van der Waals surface area (Å²) in [7, 11) is 0. The van der Waals surface area contributed by atoms with Crippen LogP contribution in [0.15, 0.2) is 18.2 Å². The zero-order valence-electron chi connectivity index (χ0n) is 13.8. The number of halogens is 1. The van der Waals surface area contributed by atoms with Gasteiger partial charge < -0.3 is 9.64 Å². The molecule has 0 bridgehead atoms. The van der Waals surface area contributed by atoms with Crippen molar-refractivity contribution >= 4 is 17.5 Å². The van der Waals surface area contributed by atoms with Crippen molar-refractivity contribution in [1.82, 2.24) is 9.80 Å². The second-order valence-corrected chi connectivity index (χ2v) is 6.94. The van der Waals surface area contributed by atoms with Crippen LogP contribution in [-0.4, -0.2) is 48.3 Å². The van der Waals surface area contributed by atoms with Gasteiger partial charge in [-0.15, -0.1) is 0 Å². The highest BCUT2D eigenvalue weighted by atomic mass is 35.5. The Morgan fingerprint density at radius 3 is 2.70 bits per heavy atom. The van der Waals surface area contributed by atoms with Crippen molar-refractivity contribution in [2.45, 2.75) is 45.3 Å². The summed E-state index contributed by atoms with van der Waals surface area (Å²) in [5, 5.41) is 0.696. The first-order chi connectivity index (χ1) is 11.1. The van der Waals surface area contributed by atoms with Gasteiger partial charge in [0, 0.05) is 30.2 Å². The molecule has 0 spiro atoms. The zero-order chi connectivity index (χ0) is 16.2. The van der Waals surface area contributed by atoms with Gasteiger partial charge >= 0.3 is 0 Å². The van der Waals surface area contributed by atoms with E-state index in [2.05, 4.69) is 4.90 Å². The highest BCUT2D eigenvalue weighted by molar-refractivity contribution is 6.31. The summed E-state index contributed by atoms with van der Waals surface area (Å²) in [4.78, 5) is 17.1. The van der Waals surface area contributed by atoms with Crippen molar-refractivity contribution in [3.05, 3.63) is 34.3 Å². The van der Waals surface area contributed by atoms with E-state index in [9.17, 15) is 4.79 Å². The predicted octanol–water partition coefficient (Wildman–Crippen LogP) is 3.67. The average molecular weight is 337 g/mol. The molecule has 1 atom stereocenters. The number of carbonyl (C=O) groups excluding carboxylic acids is 1. The Hall–Kier alpha value is -1.10. The Labute approximate surface area is 143 Å². The third kappa shape index (κ3) is 4.06. The molecule has 2 saturated heterocycles. The molecule has 0 aromatic heterocycles. The second-order valence-electron chi connectivity index (χ2n) is 6.53. The summed E-state index contributed by atoms with van der Waals surface area (Å²) in [5.41, 5.74) is 1.63. The number of benzene rings is 1. The van der Waals surface area contributed by atoms with Gasteiger partial charge in [-0.3, -0.25) is 9.69 Å². The van der Waals surface area contributed by atoms with E-state index >= 15 is 0 Å². The zero-order valence-corrected chi connectivity index (χ0v) is 14.5. The fraction of sp³-hybridized carbons (Fsp3) is 0.611. The van der Waals surface area contributed by atoms with E-state index in [1.807, 2.05) is 24.0 Å². The standard InChI is InChI=1S/C18H25ClN2O2/c1-14-12-15(7-8-16(14)19)18(22)21-11-3-2-6-17(21)23-13-20-9-4-5-10-20/h7-8,12,17H,2-6,9-11,13H2,1H3/t17-/m0/s1. The van der Waals surface area contributed by atoms with Gasteiger partial charge in [0.1, 0.15) is 13.0 Å². The summed E-state index contributed by atoms with van der Waals surface area (Å²) in [6.45, 7) is 5.55. The van der Waals surface area contributed by atoms with E-state index < -0.39 is 0 Å². The molecule has 0 saturated carbocycles. The summed E-state index contributed by atoms with van der Waals surface area (Å²) in [6.07, 6.45) is 5.48. The Morgan fingerprint density at radius 2 is 1.96 bits per heavy atom. The minimum atomic E-state index is -0.104. The molecule has 2 heterocycles. The Kier molecular flexibility index (Phi) is 5.57. The molecule has 2 aliphatic heterocycles. The van der Waals surface area contributed by atoms with Gasteiger partial charge in [0.2, 0.25) is 0 Å².